The number of carbonyl (C=O) groups is 2. The third kappa shape index (κ3) is 2.21. The molecule has 0 heterocycles. The summed E-state index contributed by atoms with van der Waals surface area (Å²) in [6.07, 6.45) is 9.04. The van der Waals surface area contributed by atoms with E-state index in [-0.39, 0.29) is 28.3 Å². The molecule has 4 aliphatic rings. The Labute approximate surface area is 155 Å². The first-order chi connectivity index (χ1) is 11.8. The number of hydrogen-bond acceptors (Lipinski definition) is 3. The Morgan fingerprint density at radius 3 is 2.60 bits per heavy atom. The van der Waals surface area contributed by atoms with Crippen molar-refractivity contribution >= 4 is 23.2 Å². The highest BCUT2D eigenvalue weighted by molar-refractivity contribution is 6.29. The predicted octanol–water partition coefficient (Wildman–Crippen LogP) is 4.06. The van der Waals surface area contributed by atoms with Crippen molar-refractivity contribution in [2.24, 2.45) is 28.6 Å². The van der Waals surface area contributed by atoms with Crippen LogP contribution in [-0.2, 0) is 9.59 Å². The van der Waals surface area contributed by atoms with Gasteiger partial charge in [0.2, 0.25) is 0 Å². The minimum Gasteiger partial charge on any atom is -0.381 e. The topological polar surface area (TPSA) is 54.4 Å². The van der Waals surface area contributed by atoms with Gasteiger partial charge in [0.1, 0.15) is 5.60 Å². The number of halogens is 1. The summed E-state index contributed by atoms with van der Waals surface area (Å²) in [5, 5.41) is 11.2. The van der Waals surface area contributed by atoms with Crippen LogP contribution in [0.3, 0.4) is 0 Å². The maximum Gasteiger partial charge on any atom is 0.179 e. The largest absolute Gasteiger partial charge is 0.381 e. The lowest BCUT2D eigenvalue weighted by Crippen LogP contribution is -2.57. The molecule has 0 amide bonds. The van der Waals surface area contributed by atoms with E-state index >= 15 is 0 Å². The lowest BCUT2D eigenvalue weighted by Gasteiger charge is -2.58. The predicted molar refractivity (Wildman–Crippen MR) is 97.4 cm³/mol. The highest BCUT2D eigenvalue weighted by Crippen LogP contribution is 2.67. The molecule has 3 fully saturated rings. The molecule has 0 aromatic rings. The number of hydrogen-bond donors (Lipinski definition) is 1. The Kier molecular flexibility index (Phi) is 4.01. The van der Waals surface area contributed by atoms with Crippen LogP contribution in [0, 0.1) is 28.6 Å². The molecule has 0 radical (unpaired) electrons. The van der Waals surface area contributed by atoms with Gasteiger partial charge in [0, 0.05) is 11.8 Å². The molecule has 25 heavy (non-hydrogen) atoms. The van der Waals surface area contributed by atoms with Crippen molar-refractivity contribution in [1.29, 1.82) is 0 Å². The van der Waals surface area contributed by atoms with E-state index in [1.54, 1.807) is 0 Å². The third-order valence-electron chi connectivity index (χ3n) is 8.70. The van der Waals surface area contributed by atoms with Gasteiger partial charge in [0.05, 0.1) is 5.88 Å². The summed E-state index contributed by atoms with van der Waals surface area (Å²) in [5.41, 5.74) is -0.0969. The fraction of sp³-hybridized carbons (Fsp3) is 0.810. The molecule has 4 rings (SSSR count). The Morgan fingerprint density at radius 1 is 1.16 bits per heavy atom. The monoisotopic (exact) mass is 364 g/mol. The van der Waals surface area contributed by atoms with Crippen LogP contribution in [-0.4, -0.2) is 28.2 Å². The van der Waals surface area contributed by atoms with Crippen LogP contribution in [0.4, 0.5) is 0 Å². The van der Waals surface area contributed by atoms with E-state index in [0.717, 1.165) is 38.5 Å². The van der Waals surface area contributed by atoms with E-state index in [1.807, 2.05) is 6.08 Å². The lowest BCUT2D eigenvalue weighted by molar-refractivity contribution is -0.159. The van der Waals surface area contributed by atoms with Gasteiger partial charge >= 0.3 is 0 Å². The van der Waals surface area contributed by atoms with E-state index < -0.39 is 5.60 Å². The molecule has 6 atom stereocenters. The van der Waals surface area contributed by atoms with Gasteiger partial charge in [-0.15, -0.1) is 11.6 Å². The molecule has 4 aliphatic carbocycles. The average molecular weight is 365 g/mol. The number of allylic oxidation sites excluding steroid dienone is 1. The Hall–Kier alpha value is -0.670. The molecule has 0 aliphatic heterocycles. The molecule has 3 nitrogen and oxygen atoms in total. The minimum atomic E-state index is -1.25. The summed E-state index contributed by atoms with van der Waals surface area (Å²) in [5.74, 6) is 1.51. The molecule has 4 heteroatoms. The summed E-state index contributed by atoms with van der Waals surface area (Å²) < 4.78 is 0. The minimum absolute atomic E-state index is 0.0976. The van der Waals surface area contributed by atoms with E-state index in [1.165, 1.54) is 5.57 Å². The summed E-state index contributed by atoms with van der Waals surface area (Å²) in [6.45, 7) is 4.49. The smallest absolute Gasteiger partial charge is 0.179 e. The van der Waals surface area contributed by atoms with Crippen molar-refractivity contribution in [2.45, 2.75) is 70.8 Å². The summed E-state index contributed by atoms with van der Waals surface area (Å²) in [6, 6.07) is 0. The fourth-order valence-electron chi connectivity index (χ4n) is 7.14. The maximum absolute atomic E-state index is 12.5. The second-order valence-corrected chi connectivity index (χ2v) is 9.65. The van der Waals surface area contributed by atoms with Crippen molar-refractivity contribution in [3.63, 3.8) is 0 Å². The molecule has 0 bridgehead atoms. The first kappa shape index (κ1) is 17.7. The zero-order valence-electron chi connectivity index (χ0n) is 15.3. The number of aliphatic hydroxyl groups is 1. The van der Waals surface area contributed by atoms with Crippen molar-refractivity contribution in [1.82, 2.24) is 0 Å². The lowest BCUT2D eigenvalue weighted by atomic mass is 9.46. The molecule has 0 saturated heterocycles. The SMILES string of the molecule is C[C@]12CCC(=O)C=C1CC[C@@H]1[C@@H]2CC[C@]2(C)[C@H]1CC[C@]2(O)C(=O)CCl. The van der Waals surface area contributed by atoms with E-state index in [0.29, 0.717) is 30.6 Å². The van der Waals surface area contributed by atoms with Crippen LogP contribution >= 0.6 is 11.6 Å². The highest BCUT2D eigenvalue weighted by atomic mass is 35.5. The van der Waals surface area contributed by atoms with Crippen LogP contribution in [0.1, 0.15) is 65.2 Å². The zero-order valence-corrected chi connectivity index (χ0v) is 16.1. The van der Waals surface area contributed by atoms with Gasteiger partial charge in [0.15, 0.2) is 11.6 Å². The highest BCUT2D eigenvalue weighted by Gasteiger charge is 2.65. The van der Waals surface area contributed by atoms with E-state index in [9.17, 15) is 14.7 Å². The summed E-state index contributed by atoms with van der Waals surface area (Å²) >= 11 is 5.83. The van der Waals surface area contributed by atoms with Crippen LogP contribution in [0.5, 0.6) is 0 Å². The molecule has 3 saturated carbocycles. The molecule has 0 aromatic carbocycles. The average Bonchev–Trinajstić information content (AvgIpc) is 2.87. The first-order valence-corrected chi connectivity index (χ1v) is 10.4. The van der Waals surface area contributed by atoms with Crippen LogP contribution in [0.15, 0.2) is 11.6 Å². The van der Waals surface area contributed by atoms with Crippen LogP contribution < -0.4 is 0 Å². The fourth-order valence-corrected chi connectivity index (χ4v) is 7.36. The quantitative estimate of drug-likeness (QED) is 0.752. The van der Waals surface area contributed by atoms with Crippen molar-refractivity contribution in [3.05, 3.63) is 11.6 Å². The second-order valence-electron chi connectivity index (χ2n) is 9.38. The number of carbonyl (C=O) groups excluding carboxylic acids is 2. The van der Waals surface area contributed by atoms with Crippen LogP contribution in [0.2, 0.25) is 0 Å². The Morgan fingerprint density at radius 2 is 1.88 bits per heavy atom. The molecule has 138 valence electrons. The third-order valence-corrected chi connectivity index (χ3v) is 8.94. The Balaban J connectivity index is 1.68. The molecule has 0 spiro atoms. The number of alkyl halides is 1. The summed E-state index contributed by atoms with van der Waals surface area (Å²) in [4.78, 5) is 24.3. The van der Waals surface area contributed by atoms with Crippen molar-refractivity contribution in [2.75, 3.05) is 5.88 Å². The standard InChI is InChI=1S/C21H29ClO3/c1-19-8-5-14(23)11-13(19)3-4-15-16(19)6-9-20(2)17(15)7-10-21(20,25)18(24)12-22/h11,15-17,25H,3-10,12H2,1-2H3/t15-,16+,17+,19+,20-,21+/m1/s1. The van der Waals surface area contributed by atoms with E-state index in [2.05, 4.69) is 13.8 Å². The van der Waals surface area contributed by atoms with Crippen molar-refractivity contribution < 1.29 is 14.7 Å². The van der Waals surface area contributed by atoms with Gasteiger partial charge < -0.3 is 5.11 Å². The number of Topliss-reactive ketones (excluding diaryl/α,β-unsaturated/α-hetero) is 1. The maximum atomic E-state index is 12.5. The summed E-state index contributed by atoms with van der Waals surface area (Å²) in [7, 11) is 0. The number of ketones is 2. The normalized spacial score (nSPS) is 49.0. The van der Waals surface area contributed by atoms with Crippen LogP contribution in [0.25, 0.3) is 0 Å². The molecule has 0 unspecified atom stereocenters. The van der Waals surface area contributed by atoms with Gasteiger partial charge in [-0.2, -0.15) is 0 Å². The van der Waals surface area contributed by atoms with Gasteiger partial charge in [-0.1, -0.05) is 19.4 Å². The van der Waals surface area contributed by atoms with Gasteiger partial charge in [-0.25, -0.2) is 0 Å². The second kappa shape index (κ2) is 5.66. The Bertz CT molecular complexity index is 656. The molecular formula is C21H29ClO3. The number of rotatable bonds is 2. The van der Waals surface area contributed by atoms with Gasteiger partial charge in [0.25, 0.3) is 0 Å². The molecule has 0 aromatic heterocycles. The van der Waals surface area contributed by atoms with E-state index in [4.69, 9.17) is 11.6 Å². The van der Waals surface area contributed by atoms with Crippen molar-refractivity contribution in [3.8, 4) is 0 Å². The van der Waals surface area contributed by atoms with Gasteiger partial charge in [-0.3, -0.25) is 9.59 Å². The first-order valence-electron chi connectivity index (χ1n) is 9.82. The number of fused-ring (bicyclic) bond motifs is 5. The van der Waals surface area contributed by atoms with Gasteiger partial charge in [-0.05, 0) is 74.2 Å². The molecule has 1 N–H and O–H groups in total. The molecular weight excluding hydrogens is 336 g/mol. The zero-order chi connectivity index (χ0) is 18.0.